The summed E-state index contributed by atoms with van der Waals surface area (Å²) < 4.78 is 4.58. The van der Waals surface area contributed by atoms with Crippen molar-refractivity contribution in [3.63, 3.8) is 0 Å². The second-order valence-corrected chi connectivity index (χ2v) is 11.1. The molecule has 9 heteroatoms. The van der Waals surface area contributed by atoms with Crippen molar-refractivity contribution in [3.8, 4) is 10.4 Å². The first-order valence-corrected chi connectivity index (χ1v) is 14.7. The molecule has 0 bridgehead atoms. The van der Waals surface area contributed by atoms with Crippen molar-refractivity contribution in [2.24, 2.45) is 0 Å². The smallest absolute Gasteiger partial charge is 0.336 e. The summed E-state index contributed by atoms with van der Waals surface area (Å²) in [6.07, 6.45) is 4.74. The van der Waals surface area contributed by atoms with E-state index >= 15 is 0 Å². The predicted molar refractivity (Wildman–Crippen MR) is 178 cm³/mol. The van der Waals surface area contributed by atoms with Gasteiger partial charge in [0.15, 0.2) is 0 Å². The maximum Gasteiger partial charge on any atom is 0.336 e. The number of esters is 1. The van der Waals surface area contributed by atoms with Gasteiger partial charge in [0.25, 0.3) is 11.8 Å². The second kappa shape index (κ2) is 13.7. The average molecular weight is 617 g/mol. The zero-order valence-electron chi connectivity index (χ0n) is 24.4. The van der Waals surface area contributed by atoms with Crippen LogP contribution in [0.5, 0.6) is 0 Å². The highest BCUT2D eigenvalue weighted by Crippen LogP contribution is 2.32. The van der Waals surface area contributed by atoms with Crippen molar-refractivity contribution in [1.29, 1.82) is 0 Å². The normalized spacial score (nSPS) is 11.4. The summed E-state index contributed by atoms with van der Waals surface area (Å²) in [5.74, 6) is -2.02. The van der Waals surface area contributed by atoms with Crippen molar-refractivity contribution in [1.82, 2.24) is 0 Å². The van der Waals surface area contributed by atoms with Gasteiger partial charge in [-0.2, -0.15) is 0 Å². The Hall–Kier alpha value is -5.80. The number of rotatable bonds is 9. The first-order chi connectivity index (χ1) is 21.7. The van der Waals surface area contributed by atoms with E-state index in [4.69, 9.17) is 0 Å². The van der Waals surface area contributed by atoms with Crippen LogP contribution in [-0.2, 0) is 9.53 Å². The fourth-order valence-corrected chi connectivity index (χ4v) is 5.55. The van der Waals surface area contributed by atoms with Gasteiger partial charge in [-0.25, -0.2) is 9.59 Å². The number of ether oxygens (including phenoxy) is 1. The molecule has 5 rings (SSSR count). The number of methoxy groups -OCH3 is 1. The Morgan fingerprint density at radius 3 is 2.02 bits per heavy atom. The molecular formula is C36H28N2O6S. The van der Waals surface area contributed by atoms with Crippen molar-refractivity contribution in [3.05, 3.63) is 138 Å². The van der Waals surface area contributed by atoms with E-state index in [2.05, 4.69) is 15.4 Å². The highest BCUT2D eigenvalue weighted by atomic mass is 32.1. The second-order valence-electron chi connectivity index (χ2n) is 9.97. The number of hydrogen-bond acceptors (Lipinski definition) is 6. The summed E-state index contributed by atoms with van der Waals surface area (Å²) in [5.41, 5.74) is 4.38. The van der Waals surface area contributed by atoms with Gasteiger partial charge >= 0.3 is 11.9 Å². The number of carboxylic acids is 1. The quantitative estimate of drug-likeness (QED) is 0.0879. The fourth-order valence-electron chi connectivity index (χ4n) is 4.64. The molecule has 0 saturated carbocycles. The van der Waals surface area contributed by atoms with Crippen molar-refractivity contribution < 1.29 is 29.0 Å². The summed E-state index contributed by atoms with van der Waals surface area (Å²) in [4.78, 5) is 49.6. The Morgan fingerprint density at radius 2 is 1.36 bits per heavy atom. The molecule has 0 atom stereocenters. The summed E-state index contributed by atoms with van der Waals surface area (Å²) in [7, 11) is 1.32. The number of benzene rings is 4. The van der Waals surface area contributed by atoms with Crippen LogP contribution in [0.25, 0.3) is 26.8 Å². The number of thiophene rings is 1. The Labute approximate surface area is 263 Å². The predicted octanol–water partition coefficient (Wildman–Crippen LogP) is 7.90. The minimum absolute atomic E-state index is 0.170. The molecule has 224 valence electrons. The Kier molecular flexibility index (Phi) is 9.31. The lowest BCUT2D eigenvalue weighted by molar-refractivity contribution is -0.134. The minimum Gasteiger partial charge on any atom is -0.478 e. The summed E-state index contributed by atoms with van der Waals surface area (Å²) in [6, 6.07) is 28.2. The third kappa shape index (κ3) is 7.23. The van der Waals surface area contributed by atoms with E-state index in [9.17, 15) is 24.3 Å². The summed E-state index contributed by atoms with van der Waals surface area (Å²) in [6.45, 7) is 1.91. The number of aromatic carboxylic acids is 1. The van der Waals surface area contributed by atoms with E-state index in [1.807, 2.05) is 43.3 Å². The number of hydrogen-bond donors (Lipinski definition) is 3. The van der Waals surface area contributed by atoms with E-state index in [0.29, 0.717) is 32.6 Å². The molecule has 0 aliphatic heterocycles. The molecule has 0 aliphatic carbocycles. The minimum atomic E-state index is -1.03. The SMILES string of the molecule is COC(=O)/C=C/C=C(\C)c1ccc(C(=O)Nc2ccc(-c3ccc(C(=O)Nc4ccc(C(=O)O)c5ccccc45)cc3)s2)cc1. The monoisotopic (exact) mass is 616 g/mol. The number of carboxylic acid groups (broad SMARTS) is 1. The summed E-state index contributed by atoms with van der Waals surface area (Å²) >= 11 is 1.42. The Bertz CT molecular complexity index is 1970. The van der Waals surface area contributed by atoms with Crippen LogP contribution in [0, 0.1) is 0 Å². The molecule has 0 spiro atoms. The fraction of sp³-hybridized carbons (Fsp3) is 0.0556. The molecule has 0 radical (unpaired) electrons. The number of allylic oxidation sites excluding steroid dienone is 3. The van der Waals surface area contributed by atoms with Gasteiger partial charge in [0.1, 0.15) is 0 Å². The lowest BCUT2D eigenvalue weighted by atomic mass is 10.0. The topological polar surface area (TPSA) is 122 Å². The van der Waals surface area contributed by atoms with E-state index in [0.717, 1.165) is 21.6 Å². The van der Waals surface area contributed by atoms with Crippen molar-refractivity contribution in [2.75, 3.05) is 17.7 Å². The lowest BCUT2D eigenvalue weighted by Crippen LogP contribution is -2.12. The van der Waals surface area contributed by atoms with E-state index < -0.39 is 11.9 Å². The molecule has 0 saturated heterocycles. The van der Waals surface area contributed by atoms with Crippen molar-refractivity contribution in [2.45, 2.75) is 6.92 Å². The molecule has 45 heavy (non-hydrogen) atoms. The summed E-state index contributed by atoms with van der Waals surface area (Å²) in [5, 5.41) is 17.2. The highest BCUT2D eigenvalue weighted by molar-refractivity contribution is 7.19. The largest absolute Gasteiger partial charge is 0.478 e. The molecule has 5 aromatic rings. The van der Waals surface area contributed by atoms with E-state index in [1.165, 1.54) is 30.6 Å². The van der Waals surface area contributed by atoms with E-state index in [1.54, 1.807) is 66.7 Å². The molecule has 3 N–H and O–H groups in total. The lowest BCUT2D eigenvalue weighted by Gasteiger charge is -2.11. The molecule has 0 unspecified atom stereocenters. The zero-order valence-corrected chi connectivity index (χ0v) is 25.2. The van der Waals surface area contributed by atoms with Crippen LogP contribution >= 0.6 is 11.3 Å². The van der Waals surface area contributed by atoms with Gasteiger partial charge in [-0.3, -0.25) is 9.59 Å². The standard InChI is InChI=1S/C36H28N2O6S/c1-22(6-5-9-33(39)44-2)23-10-14-26(15-11-23)35(41)38-32-21-20-31(45-32)24-12-16-25(17-13-24)34(40)37-30-19-18-29(36(42)43)27-7-3-4-8-28(27)30/h3-21H,1-2H3,(H,37,40)(H,38,41)(H,42,43)/b9-5+,22-6+. The first-order valence-electron chi connectivity index (χ1n) is 13.8. The Balaban J connectivity index is 1.22. The average Bonchev–Trinajstić information content (AvgIpc) is 3.53. The van der Waals surface area contributed by atoms with Crippen LogP contribution in [0.2, 0.25) is 0 Å². The molecule has 1 aromatic heterocycles. The number of carbonyl (C=O) groups excluding carboxylic acids is 3. The van der Waals surface area contributed by atoms with Crippen LogP contribution in [0.4, 0.5) is 10.7 Å². The van der Waals surface area contributed by atoms with E-state index in [-0.39, 0.29) is 17.4 Å². The van der Waals surface area contributed by atoms with Gasteiger partial charge in [-0.05, 0) is 77.5 Å². The maximum absolute atomic E-state index is 13.0. The van der Waals surface area contributed by atoms with Gasteiger partial charge in [-0.15, -0.1) is 11.3 Å². The molecular weight excluding hydrogens is 588 g/mol. The van der Waals surface area contributed by atoms with Crippen LogP contribution in [0.3, 0.4) is 0 Å². The number of anilines is 2. The third-order valence-corrected chi connectivity index (χ3v) is 8.11. The van der Waals surface area contributed by atoms with Crippen LogP contribution in [-0.4, -0.2) is 36.0 Å². The van der Waals surface area contributed by atoms with Crippen LogP contribution in [0.15, 0.2) is 115 Å². The Morgan fingerprint density at radius 1 is 0.733 bits per heavy atom. The number of fused-ring (bicyclic) bond motifs is 1. The highest BCUT2D eigenvalue weighted by Gasteiger charge is 2.14. The van der Waals surface area contributed by atoms with Gasteiger partial charge < -0.3 is 20.5 Å². The third-order valence-electron chi connectivity index (χ3n) is 7.06. The molecule has 4 aromatic carbocycles. The van der Waals surface area contributed by atoms with Gasteiger partial charge in [0.2, 0.25) is 0 Å². The molecule has 8 nitrogen and oxygen atoms in total. The van der Waals surface area contributed by atoms with Gasteiger partial charge in [0.05, 0.1) is 17.7 Å². The molecule has 0 fully saturated rings. The molecule has 2 amide bonds. The maximum atomic E-state index is 13.0. The van der Waals surface area contributed by atoms with Crippen LogP contribution < -0.4 is 10.6 Å². The van der Waals surface area contributed by atoms with Gasteiger partial charge in [0, 0.05) is 33.2 Å². The van der Waals surface area contributed by atoms with Crippen LogP contribution in [0.1, 0.15) is 43.6 Å². The van der Waals surface area contributed by atoms with Crippen molar-refractivity contribution >= 4 is 62.1 Å². The number of nitrogens with one attached hydrogen (secondary N) is 2. The number of carbonyl (C=O) groups is 4. The van der Waals surface area contributed by atoms with Gasteiger partial charge in [-0.1, -0.05) is 60.7 Å². The molecule has 0 aliphatic rings. The zero-order chi connectivity index (χ0) is 31.9. The molecule has 1 heterocycles. The first kappa shape index (κ1) is 30.7. The number of amides is 2.